The van der Waals surface area contributed by atoms with Gasteiger partial charge in [-0.1, -0.05) is 27.7 Å². The van der Waals surface area contributed by atoms with Crippen LogP contribution in [-0.2, 0) is 19.1 Å². The molecule has 0 radical (unpaired) electrons. The first kappa shape index (κ1) is 19.0. The molecule has 0 aliphatic heterocycles. The molecule has 0 amide bonds. The van der Waals surface area contributed by atoms with Crippen molar-refractivity contribution in [3.63, 3.8) is 0 Å². The van der Waals surface area contributed by atoms with Crippen molar-refractivity contribution in [1.82, 2.24) is 0 Å². The van der Waals surface area contributed by atoms with Gasteiger partial charge in [0.1, 0.15) is 5.60 Å². The zero-order chi connectivity index (χ0) is 17.0. The lowest BCUT2D eigenvalue weighted by atomic mass is 9.71. The van der Waals surface area contributed by atoms with Crippen LogP contribution >= 0.6 is 0 Å². The van der Waals surface area contributed by atoms with Gasteiger partial charge in [0.15, 0.2) is 6.61 Å². The standard InChI is InChI=1S/C18H32O4/c1-7-16(3,4)15(20)21-13-14(19)22-18(11-9-10-12-18)17(5,6)8-2/h7-13H2,1-6H3. The molecule has 22 heavy (non-hydrogen) atoms. The summed E-state index contributed by atoms with van der Waals surface area (Å²) in [6.45, 7) is 11.7. The molecule has 1 aliphatic carbocycles. The van der Waals surface area contributed by atoms with Gasteiger partial charge in [-0.25, -0.2) is 4.79 Å². The predicted octanol–water partition coefficient (Wildman–Crippen LogP) is 4.26. The Bertz CT molecular complexity index is 403. The van der Waals surface area contributed by atoms with Crippen LogP contribution in [0.25, 0.3) is 0 Å². The van der Waals surface area contributed by atoms with Gasteiger partial charge in [-0.15, -0.1) is 0 Å². The average molecular weight is 312 g/mol. The zero-order valence-corrected chi connectivity index (χ0v) is 15.1. The lowest BCUT2D eigenvalue weighted by Gasteiger charge is -2.43. The van der Waals surface area contributed by atoms with Gasteiger partial charge in [-0.2, -0.15) is 0 Å². The molecule has 0 aromatic carbocycles. The van der Waals surface area contributed by atoms with E-state index in [-0.39, 0.29) is 18.0 Å². The minimum absolute atomic E-state index is 0.0636. The van der Waals surface area contributed by atoms with E-state index in [1.807, 2.05) is 20.8 Å². The number of hydrogen-bond donors (Lipinski definition) is 0. The zero-order valence-electron chi connectivity index (χ0n) is 15.1. The number of carbonyl (C=O) groups excluding carboxylic acids is 2. The first-order valence-electron chi connectivity index (χ1n) is 8.49. The van der Waals surface area contributed by atoms with Gasteiger partial charge in [0.05, 0.1) is 5.41 Å². The maximum atomic E-state index is 12.2. The van der Waals surface area contributed by atoms with E-state index >= 15 is 0 Å². The highest BCUT2D eigenvalue weighted by molar-refractivity contribution is 5.80. The Balaban J connectivity index is 2.65. The smallest absolute Gasteiger partial charge is 0.344 e. The average Bonchev–Trinajstić information content (AvgIpc) is 2.94. The van der Waals surface area contributed by atoms with Crippen molar-refractivity contribution in [2.75, 3.05) is 6.61 Å². The van der Waals surface area contributed by atoms with E-state index in [9.17, 15) is 9.59 Å². The van der Waals surface area contributed by atoms with Crippen LogP contribution in [0.5, 0.6) is 0 Å². The molecule has 0 N–H and O–H groups in total. The first-order valence-corrected chi connectivity index (χ1v) is 8.49. The van der Waals surface area contributed by atoms with E-state index in [2.05, 4.69) is 20.8 Å². The number of carbonyl (C=O) groups is 2. The van der Waals surface area contributed by atoms with Gasteiger partial charge in [0, 0.05) is 5.41 Å². The highest BCUT2D eigenvalue weighted by Gasteiger charge is 2.49. The maximum absolute atomic E-state index is 12.2. The summed E-state index contributed by atoms with van der Waals surface area (Å²) in [5.74, 6) is -0.772. The number of rotatable bonds is 7. The van der Waals surface area contributed by atoms with E-state index < -0.39 is 17.0 Å². The Morgan fingerprint density at radius 3 is 2.00 bits per heavy atom. The van der Waals surface area contributed by atoms with Crippen LogP contribution in [-0.4, -0.2) is 24.1 Å². The summed E-state index contributed by atoms with van der Waals surface area (Å²) in [7, 11) is 0. The quantitative estimate of drug-likeness (QED) is 0.659. The highest BCUT2D eigenvalue weighted by Crippen LogP contribution is 2.48. The van der Waals surface area contributed by atoms with Crippen LogP contribution < -0.4 is 0 Å². The van der Waals surface area contributed by atoms with Crippen molar-refractivity contribution in [2.24, 2.45) is 10.8 Å². The second-order valence-electron chi connectivity index (χ2n) is 7.73. The van der Waals surface area contributed by atoms with Crippen LogP contribution in [0, 0.1) is 10.8 Å². The fourth-order valence-corrected chi connectivity index (χ4v) is 2.90. The largest absolute Gasteiger partial charge is 0.456 e. The Hall–Kier alpha value is -1.06. The molecule has 0 heterocycles. The number of hydrogen-bond acceptors (Lipinski definition) is 4. The van der Waals surface area contributed by atoms with Gasteiger partial charge in [-0.3, -0.25) is 4.79 Å². The molecule has 1 rings (SSSR count). The van der Waals surface area contributed by atoms with Gasteiger partial charge in [0.2, 0.25) is 0 Å². The summed E-state index contributed by atoms with van der Waals surface area (Å²) in [6.07, 6.45) is 5.58. The van der Waals surface area contributed by atoms with Gasteiger partial charge in [-0.05, 0) is 52.4 Å². The molecule has 0 saturated heterocycles. The molecular formula is C18H32O4. The normalized spacial score (nSPS) is 18.1. The summed E-state index contributed by atoms with van der Waals surface area (Å²) >= 11 is 0. The molecule has 0 aromatic heterocycles. The summed E-state index contributed by atoms with van der Waals surface area (Å²) in [6, 6.07) is 0. The molecule has 4 nitrogen and oxygen atoms in total. The summed E-state index contributed by atoms with van der Waals surface area (Å²) < 4.78 is 11.0. The first-order chi connectivity index (χ1) is 10.1. The predicted molar refractivity (Wildman–Crippen MR) is 86.4 cm³/mol. The third-order valence-corrected chi connectivity index (χ3v) is 5.60. The van der Waals surface area contributed by atoms with Crippen LogP contribution in [0.2, 0.25) is 0 Å². The topological polar surface area (TPSA) is 52.6 Å². The second-order valence-corrected chi connectivity index (χ2v) is 7.73. The minimum Gasteiger partial charge on any atom is -0.456 e. The second kappa shape index (κ2) is 7.01. The molecule has 1 aliphatic rings. The molecule has 0 spiro atoms. The van der Waals surface area contributed by atoms with Gasteiger partial charge in [0.25, 0.3) is 0 Å². The van der Waals surface area contributed by atoms with Gasteiger partial charge < -0.3 is 9.47 Å². The molecular weight excluding hydrogens is 280 g/mol. The van der Waals surface area contributed by atoms with Crippen molar-refractivity contribution in [1.29, 1.82) is 0 Å². The van der Waals surface area contributed by atoms with E-state index in [1.165, 1.54) is 0 Å². The van der Waals surface area contributed by atoms with E-state index in [1.54, 1.807) is 0 Å². The molecule has 4 heteroatoms. The minimum atomic E-state index is -0.561. The third-order valence-electron chi connectivity index (χ3n) is 5.60. The van der Waals surface area contributed by atoms with Gasteiger partial charge >= 0.3 is 11.9 Å². The third kappa shape index (κ3) is 4.02. The number of esters is 2. The van der Waals surface area contributed by atoms with Crippen molar-refractivity contribution in [3.05, 3.63) is 0 Å². The lowest BCUT2D eigenvalue weighted by Crippen LogP contribution is -2.46. The fraction of sp³-hybridized carbons (Fsp3) is 0.889. The monoisotopic (exact) mass is 312 g/mol. The van der Waals surface area contributed by atoms with E-state index in [0.717, 1.165) is 32.1 Å². The summed E-state index contributed by atoms with van der Waals surface area (Å²) in [5, 5.41) is 0. The van der Waals surface area contributed by atoms with Crippen LogP contribution in [0.15, 0.2) is 0 Å². The van der Waals surface area contributed by atoms with Crippen LogP contribution in [0.4, 0.5) is 0 Å². The molecule has 0 unspecified atom stereocenters. The Morgan fingerprint density at radius 1 is 1.00 bits per heavy atom. The summed E-state index contributed by atoms with van der Waals surface area (Å²) in [4.78, 5) is 24.1. The van der Waals surface area contributed by atoms with E-state index in [4.69, 9.17) is 9.47 Å². The van der Waals surface area contributed by atoms with Crippen LogP contribution in [0.3, 0.4) is 0 Å². The van der Waals surface area contributed by atoms with Crippen LogP contribution in [0.1, 0.15) is 80.1 Å². The molecule has 1 saturated carbocycles. The lowest BCUT2D eigenvalue weighted by molar-refractivity contribution is -0.184. The van der Waals surface area contributed by atoms with Crippen molar-refractivity contribution >= 4 is 11.9 Å². The molecule has 128 valence electrons. The Morgan fingerprint density at radius 2 is 1.55 bits per heavy atom. The summed E-state index contributed by atoms with van der Waals surface area (Å²) in [5.41, 5.74) is -1.04. The molecule has 1 fully saturated rings. The Labute approximate surface area is 134 Å². The molecule has 0 atom stereocenters. The van der Waals surface area contributed by atoms with E-state index in [0.29, 0.717) is 6.42 Å². The SMILES string of the molecule is CCC(C)(C)C(=O)OCC(=O)OC1(C(C)(C)CC)CCCC1. The number of ether oxygens (including phenoxy) is 2. The van der Waals surface area contributed by atoms with Crippen molar-refractivity contribution < 1.29 is 19.1 Å². The molecule has 0 aromatic rings. The van der Waals surface area contributed by atoms with Crippen molar-refractivity contribution in [3.8, 4) is 0 Å². The fourth-order valence-electron chi connectivity index (χ4n) is 2.90. The maximum Gasteiger partial charge on any atom is 0.344 e. The molecule has 0 bridgehead atoms. The Kier molecular flexibility index (Phi) is 6.05. The van der Waals surface area contributed by atoms with Crippen molar-refractivity contribution in [2.45, 2.75) is 85.7 Å². The highest BCUT2D eigenvalue weighted by atomic mass is 16.6.